The van der Waals surface area contributed by atoms with E-state index in [9.17, 15) is 4.79 Å². The average Bonchev–Trinajstić information content (AvgIpc) is 2.93. The Morgan fingerprint density at radius 3 is 2.91 bits per heavy atom. The van der Waals surface area contributed by atoms with Crippen molar-refractivity contribution in [2.24, 2.45) is 0 Å². The molecule has 5 nitrogen and oxygen atoms in total. The summed E-state index contributed by atoms with van der Waals surface area (Å²) in [5.74, 6) is 0.918. The molecule has 0 aliphatic carbocycles. The number of carbonyl (C=O) groups excluding carboxylic acids is 1. The number of rotatable bonds is 5. The quantitative estimate of drug-likeness (QED) is 0.855. The van der Waals surface area contributed by atoms with E-state index in [4.69, 9.17) is 0 Å². The van der Waals surface area contributed by atoms with Gasteiger partial charge in [-0.15, -0.1) is 11.8 Å². The smallest absolute Gasteiger partial charge is 0.253 e. The maximum Gasteiger partial charge on any atom is 0.253 e. The first-order chi connectivity index (χ1) is 11.2. The van der Waals surface area contributed by atoms with E-state index >= 15 is 0 Å². The second kappa shape index (κ2) is 7.10. The first-order valence-electron chi connectivity index (χ1n) is 7.68. The first-order valence-corrected chi connectivity index (χ1v) is 8.66. The Hall–Kier alpha value is -1.92. The molecule has 0 saturated carbocycles. The van der Waals surface area contributed by atoms with E-state index in [0.717, 1.165) is 40.7 Å². The van der Waals surface area contributed by atoms with E-state index in [2.05, 4.69) is 27.1 Å². The van der Waals surface area contributed by atoms with Crippen molar-refractivity contribution in [3.8, 4) is 0 Å². The third-order valence-corrected chi connectivity index (χ3v) is 4.58. The summed E-state index contributed by atoms with van der Waals surface area (Å²) in [6, 6.07) is 5.93. The minimum atomic E-state index is -0.108. The molecule has 0 aromatic carbocycles. The van der Waals surface area contributed by atoms with Crippen LogP contribution in [-0.4, -0.2) is 33.6 Å². The third kappa shape index (κ3) is 3.89. The summed E-state index contributed by atoms with van der Waals surface area (Å²) < 4.78 is 0. The van der Waals surface area contributed by atoms with Crippen molar-refractivity contribution < 1.29 is 4.79 Å². The Balaban J connectivity index is 1.60. The number of pyridine rings is 2. The van der Waals surface area contributed by atoms with Gasteiger partial charge in [0.2, 0.25) is 0 Å². The standard InChI is InChI=1S/C17H20N4OS/c1-3-23-15-5-4-14(18-9-15)8-20-17(22)12-6-13-10-21(2)11-16(13)19-7-12/h4-7,9H,3,8,10-11H2,1-2H3,(H,20,22). The van der Waals surface area contributed by atoms with E-state index in [1.807, 2.05) is 31.4 Å². The van der Waals surface area contributed by atoms with Crippen LogP contribution in [-0.2, 0) is 19.6 Å². The maximum absolute atomic E-state index is 12.3. The number of hydrogen-bond donors (Lipinski definition) is 1. The number of nitrogens with zero attached hydrogens (tertiary/aromatic N) is 3. The SMILES string of the molecule is CCSc1ccc(CNC(=O)c2cnc3c(c2)CN(C)C3)nc1. The van der Waals surface area contributed by atoms with Gasteiger partial charge in [0.25, 0.3) is 5.91 Å². The molecule has 1 amide bonds. The molecule has 0 unspecified atom stereocenters. The molecule has 3 heterocycles. The van der Waals surface area contributed by atoms with E-state index in [-0.39, 0.29) is 5.91 Å². The van der Waals surface area contributed by atoms with E-state index in [1.54, 1.807) is 18.0 Å². The molecule has 0 fully saturated rings. The Labute approximate surface area is 140 Å². The molecule has 0 bridgehead atoms. The van der Waals surface area contributed by atoms with Gasteiger partial charge in [0.05, 0.1) is 23.5 Å². The molecular weight excluding hydrogens is 308 g/mol. The predicted molar refractivity (Wildman–Crippen MR) is 91.2 cm³/mol. The van der Waals surface area contributed by atoms with E-state index in [1.165, 1.54) is 0 Å². The molecule has 0 atom stereocenters. The number of thioether (sulfide) groups is 1. The molecule has 0 spiro atoms. The lowest BCUT2D eigenvalue weighted by Gasteiger charge is -2.07. The zero-order chi connectivity index (χ0) is 16.2. The monoisotopic (exact) mass is 328 g/mol. The van der Waals surface area contributed by atoms with Crippen LogP contribution in [0.2, 0.25) is 0 Å². The molecule has 1 N–H and O–H groups in total. The normalized spacial score (nSPS) is 13.8. The van der Waals surface area contributed by atoms with Crippen LogP contribution in [0, 0.1) is 0 Å². The minimum absolute atomic E-state index is 0.108. The Morgan fingerprint density at radius 1 is 1.30 bits per heavy atom. The van der Waals surface area contributed by atoms with Crippen LogP contribution in [0.1, 0.15) is 34.2 Å². The highest BCUT2D eigenvalue weighted by Gasteiger charge is 2.18. The number of hydrogen-bond acceptors (Lipinski definition) is 5. The highest BCUT2D eigenvalue weighted by molar-refractivity contribution is 7.99. The summed E-state index contributed by atoms with van der Waals surface area (Å²) in [5, 5.41) is 2.91. The summed E-state index contributed by atoms with van der Waals surface area (Å²) in [4.78, 5) is 24.4. The number of carbonyl (C=O) groups is 1. The van der Waals surface area contributed by atoms with Crippen LogP contribution in [0.5, 0.6) is 0 Å². The molecule has 3 rings (SSSR count). The average molecular weight is 328 g/mol. The van der Waals surface area contributed by atoms with Crippen molar-refractivity contribution in [2.75, 3.05) is 12.8 Å². The molecule has 6 heteroatoms. The van der Waals surface area contributed by atoms with Crippen LogP contribution in [0.25, 0.3) is 0 Å². The van der Waals surface area contributed by atoms with Gasteiger partial charge in [0.15, 0.2) is 0 Å². The van der Waals surface area contributed by atoms with Crippen molar-refractivity contribution in [1.82, 2.24) is 20.2 Å². The van der Waals surface area contributed by atoms with Crippen LogP contribution in [0.4, 0.5) is 0 Å². The first kappa shape index (κ1) is 16.0. The molecule has 23 heavy (non-hydrogen) atoms. The lowest BCUT2D eigenvalue weighted by molar-refractivity contribution is 0.0950. The van der Waals surface area contributed by atoms with Gasteiger partial charge < -0.3 is 5.32 Å². The lowest BCUT2D eigenvalue weighted by Crippen LogP contribution is -2.23. The zero-order valence-electron chi connectivity index (χ0n) is 13.4. The number of fused-ring (bicyclic) bond motifs is 1. The minimum Gasteiger partial charge on any atom is -0.346 e. The summed E-state index contributed by atoms with van der Waals surface area (Å²) in [7, 11) is 2.05. The van der Waals surface area contributed by atoms with Gasteiger partial charge in [-0.05, 0) is 36.6 Å². The van der Waals surface area contributed by atoms with Crippen LogP contribution in [0.15, 0.2) is 35.5 Å². The Kier molecular flexibility index (Phi) is 4.93. The summed E-state index contributed by atoms with van der Waals surface area (Å²) >= 11 is 1.75. The Bertz CT molecular complexity index is 702. The molecule has 2 aromatic heterocycles. The zero-order valence-corrected chi connectivity index (χ0v) is 14.2. The van der Waals surface area contributed by atoms with Crippen molar-refractivity contribution in [3.05, 3.63) is 53.1 Å². The highest BCUT2D eigenvalue weighted by atomic mass is 32.2. The predicted octanol–water partition coefficient (Wildman–Crippen LogP) is 2.46. The molecule has 0 saturated heterocycles. The molecule has 1 aliphatic rings. The second-order valence-electron chi connectivity index (χ2n) is 5.60. The molecule has 0 radical (unpaired) electrons. The maximum atomic E-state index is 12.3. The largest absolute Gasteiger partial charge is 0.346 e. The van der Waals surface area contributed by atoms with Gasteiger partial charge in [-0.2, -0.15) is 0 Å². The molecule has 120 valence electrons. The van der Waals surface area contributed by atoms with E-state index in [0.29, 0.717) is 12.1 Å². The van der Waals surface area contributed by atoms with Gasteiger partial charge in [-0.3, -0.25) is 19.7 Å². The topological polar surface area (TPSA) is 58.1 Å². The number of nitrogens with one attached hydrogen (secondary N) is 1. The van der Waals surface area contributed by atoms with Crippen molar-refractivity contribution in [2.45, 2.75) is 31.5 Å². The van der Waals surface area contributed by atoms with Crippen LogP contribution >= 0.6 is 11.8 Å². The fraction of sp³-hybridized carbons (Fsp3) is 0.353. The number of amides is 1. The van der Waals surface area contributed by atoms with Gasteiger partial charge in [-0.25, -0.2) is 0 Å². The fourth-order valence-electron chi connectivity index (χ4n) is 2.58. The van der Waals surface area contributed by atoms with Gasteiger partial charge in [-0.1, -0.05) is 6.92 Å². The molecule has 1 aliphatic heterocycles. The van der Waals surface area contributed by atoms with Crippen LogP contribution in [0.3, 0.4) is 0 Å². The van der Waals surface area contributed by atoms with Gasteiger partial charge >= 0.3 is 0 Å². The van der Waals surface area contributed by atoms with E-state index < -0.39 is 0 Å². The summed E-state index contributed by atoms with van der Waals surface area (Å²) in [6.45, 7) is 4.24. The molecular formula is C17H20N4OS. The van der Waals surface area contributed by atoms with Crippen molar-refractivity contribution in [3.63, 3.8) is 0 Å². The van der Waals surface area contributed by atoms with Gasteiger partial charge in [0, 0.05) is 30.4 Å². The van der Waals surface area contributed by atoms with Gasteiger partial charge in [0.1, 0.15) is 0 Å². The lowest BCUT2D eigenvalue weighted by atomic mass is 10.1. The summed E-state index contributed by atoms with van der Waals surface area (Å²) in [6.07, 6.45) is 3.50. The molecule has 2 aromatic rings. The third-order valence-electron chi connectivity index (χ3n) is 3.72. The second-order valence-corrected chi connectivity index (χ2v) is 6.94. The Morgan fingerprint density at radius 2 is 2.17 bits per heavy atom. The van der Waals surface area contributed by atoms with Crippen LogP contribution < -0.4 is 5.32 Å². The van der Waals surface area contributed by atoms with Crippen molar-refractivity contribution in [1.29, 1.82) is 0 Å². The summed E-state index contributed by atoms with van der Waals surface area (Å²) in [5.41, 5.74) is 3.67. The highest BCUT2D eigenvalue weighted by Crippen LogP contribution is 2.20. The van der Waals surface area contributed by atoms with Crippen molar-refractivity contribution >= 4 is 17.7 Å². The number of aromatic nitrogens is 2. The fourth-order valence-corrected chi connectivity index (χ4v) is 3.21.